The molecule has 2 amide bonds. The van der Waals surface area contributed by atoms with Crippen LogP contribution in [0.4, 0.5) is 4.79 Å². The summed E-state index contributed by atoms with van der Waals surface area (Å²) in [5, 5.41) is 6.83. The Morgan fingerprint density at radius 3 is 2.91 bits per heavy atom. The second-order valence-electron chi connectivity index (χ2n) is 6.91. The highest BCUT2D eigenvalue weighted by Gasteiger charge is 2.42. The van der Waals surface area contributed by atoms with Gasteiger partial charge in [-0.3, -0.25) is 0 Å². The van der Waals surface area contributed by atoms with Crippen LogP contribution < -0.4 is 10.6 Å². The van der Waals surface area contributed by atoms with Gasteiger partial charge < -0.3 is 10.6 Å². The summed E-state index contributed by atoms with van der Waals surface area (Å²) in [5.41, 5.74) is 1.15. The van der Waals surface area contributed by atoms with Gasteiger partial charge in [-0.15, -0.1) is 0 Å². The van der Waals surface area contributed by atoms with E-state index < -0.39 is 0 Å². The standard InChI is InChI=1S/C18H25ClN2O/c1-12(17-11-14-5-6-15(17)9-14)21-18(22)20-8-7-13-3-2-4-16(19)10-13/h2-4,10,12,14-15,17H,5-9,11H2,1H3,(H2,20,21,22). The number of amides is 2. The van der Waals surface area contributed by atoms with Crippen LogP contribution in [-0.2, 0) is 6.42 Å². The molecule has 3 nitrogen and oxygen atoms in total. The number of halogens is 1. The van der Waals surface area contributed by atoms with E-state index in [0.29, 0.717) is 12.5 Å². The van der Waals surface area contributed by atoms with E-state index in [1.165, 1.54) is 25.7 Å². The molecular formula is C18H25ClN2O. The highest BCUT2D eigenvalue weighted by molar-refractivity contribution is 6.30. The quantitative estimate of drug-likeness (QED) is 0.845. The SMILES string of the molecule is CC(NC(=O)NCCc1cccc(Cl)c1)C1CC2CCC1C2. The molecule has 2 aliphatic carbocycles. The molecule has 22 heavy (non-hydrogen) atoms. The first-order valence-corrected chi connectivity index (χ1v) is 8.78. The molecule has 4 unspecified atom stereocenters. The van der Waals surface area contributed by atoms with Crippen molar-refractivity contribution in [2.45, 2.75) is 45.1 Å². The maximum absolute atomic E-state index is 12.0. The van der Waals surface area contributed by atoms with Crippen LogP contribution in [-0.4, -0.2) is 18.6 Å². The molecule has 0 heterocycles. The minimum absolute atomic E-state index is 0.0442. The maximum Gasteiger partial charge on any atom is 0.315 e. The molecule has 2 saturated carbocycles. The van der Waals surface area contributed by atoms with E-state index in [4.69, 9.17) is 11.6 Å². The fourth-order valence-electron chi connectivity index (χ4n) is 4.28. The van der Waals surface area contributed by atoms with Crippen LogP contribution in [0.15, 0.2) is 24.3 Å². The average Bonchev–Trinajstić information content (AvgIpc) is 3.10. The van der Waals surface area contributed by atoms with Gasteiger partial charge in [0, 0.05) is 17.6 Å². The summed E-state index contributed by atoms with van der Waals surface area (Å²) in [7, 11) is 0. The summed E-state index contributed by atoms with van der Waals surface area (Å²) in [6.07, 6.45) is 6.25. The topological polar surface area (TPSA) is 41.1 Å². The molecular weight excluding hydrogens is 296 g/mol. The molecule has 1 aromatic carbocycles. The zero-order chi connectivity index (χ0) is 15.5. The summed E-state index contributed by atoms with van der Waals surface area (Å²) < 4.78 is 0. The van der Waals surface area contributed by atoms with E-state index in [1.807, 2.05) is 24.3 Å². The molecule has 2 bridgehead atoms. The van der Waals surface area contributed by atoms with Crippen molar-refractivity contribution in [1.29, 1.82) is 0 Å². The summed E-state index contributed by atoms with van der Waals surface area (Å²) in [6.45, 7) is 2.79. The lowest BCUT2D eigenvalue weighted by Gasteiger charge is -2.28. The number of rotatable bonds is 5. The number of fused-ring (bicyclic) bond motifs is 2. The number of benzene rings is 1. The number of hydrogen-bond donors (Lipinski definition) is 2. The van der Waals surface area contributed by atoms with Crippen molar-refractivity contribution >= 4 is 17.6 Å². The summed E-state index contributed by atoms with van der Waals surface area (Å²) in [4.78, 5) is 12.0. The van der Waals surface area contributed by atoms with Crippen LogP contribution in [0, 0.1) is 17.8 Å². The lowest BCUT2D eigenvalue weighted by molar-refractivity contribution is 0.220. The molecule has 120 valence electrons. The van der Waals surface area contributed by atoms with Gasteiger partial charge in [0.1, 0.15) is 0 Å². The van der Waals surface area contributed by atoms with Gasteiger partial charge in [0.15, 0.2) is 0 Å². The molecule has 0 saturated heterocycles. The minimum Gasteiger partial charge on any atom is -0.338 e. The molecule has 0 aromatic heterocycles. The Hall–Kier alpha value is -1.22. The smallest absolute Gasteiger partial charge is 0.315 e. The number of nitrogens with one attached hydrogen (secondary N) is 2. The normalized spacial score (nSPS) is 27.6. The number of carbonyl (C=O) groups is 1. The molecule has 0 radical (unpaired) electrons. The van der Waals surface area contributed by atoms with Gasteiger partial charge in [-0.05, 0) is 68.1 Å². The van der Waals surface area contributed by atoms with E-state index in [-0.39, 0.29) is 12.1 Å². The first-order valence-electron chi connectivity index (χ1n) is 8.40. The lowest BCUT2D eigenvalue weighted by atomic mass is 9.84. The predicted molar refractivity (Wildman–Crippen MR) is 90.1 cm³/mol. The van der Waals surface area contributed by atoms with Crippen molar-refractivity contribution in [3.8, 4) is 0 Å². The molecule has 1 aromatic rings. The maximum atomic E-state index is 12.0. The predicted octanol–water partition coefficient (Wildman–Crippen LogP) is 4.01. The fourth-order valence-corrected chi connectivity index (χ4v) is 4.50. The van der Waals surface area contributed by atoms with Gasteiger partial charge >= 0.3 is 6.03 Å². The Balaban J connectivity index is 1.39. The van der Waals surface area contributed by atoms with Crippen LogP contribution in [0.25, 0.3) is 0 Å². The zero-order valence-electron chi connectivity index (χ0n) is 13.1. The third kappa shape index (κ3) is 3.75. The van der Waals surface area contributed by atoms with Gasteiger partial charge in [-0.1, -0.05) is 30.2 Å². The zero-order valence-corrected chi connectivity index (χ0v) is 13.9. The van der Waals surface area contributed by atoms with Crippen molar-refractivity contribution in [1.82, 2.24) is 10.6 Å². The Kier molecular flexibility index (Phi) is 4.92. The highest BCUT2D eigenvalue weighted by atomic mass is 35.5. The molecule has 2 aliphatic rings. The van der Waals surface area contributed by atoms with Crippen molar-refractivity contribution < 1.29 is 4.79 Å². The van der Waals surface area contributed by atoms with Crippen molar-refractivity contribution in [3.63, 3.8) is 0 Å². The number of hydrogen-bond acceptors (Lipinski definition) is 1. The first kappa shape index (κ1) is 15.7. The van der Waals surface area contributed by atoms with Crippen molar-refractivity contribution in [2.75, 3.05) is 6.54 Å². The van der Waals surface area contributed by atoms with E-state index >= 15 is 0 Å². The van der Waals surface area contributed by atoms with E-state index in [9.17, 15) is 4.79 Å². The monoisotopic (exact) mass is 320 g/mol. The van der Waals surface area contributed by atoms with Crippen LogP contribution in [0.1, 0.15) is 38.2 Å². The lowest BCUT2D eigenvalue weighted by Crippen LogP contribution is -2.45. The van der Waals surface area contributed by atoms with Gasteiger partial charge in [0.25, 0.3) is 0 Å². The molecule has 0 spiro atoms. The molecule has 4 heteroatoms. The summed E-state index contributed by atoms with van der Waals surface area (Å²) in [6, 6.07) is 8.01. The minimum atomic E-state index is -0.0442. The third-order valence-electron chi connectivity index (χ3n) is 5.38. The molecule has 0 aliphatic heterocycles. The van der Waals surface area contributed by atoms with E-state index in [2.05, 4.69) is 17.6 Å². The Morgan fingerprint density at radius 1 is 1.36 bits per heavy atom. The second kappa shape index (κ2) is 6.91. The van der Waals surface area contributed by atoms with Gasteiger partial charge in [-0.2, -0.15) is 0 Å². The van der Waals surface area contributed by atoms with Crippen molar-refractivity contribution in [3.05, 3.63) is 34.9 Å². The van der Waals surface area contributed by atoms with E-state index in [0.717, 1.165) is 28.8 Å². The highest BCUT2D eigenvalue weighted by Crippen LogP contribution is 2.49. The number of carbonyl (C=O) groups excluding carboxylic acids is 1. The van der Waals surface area contributed by atoms with E-state index in [1.54, 1.807) is 0 Å². The Bertz CT molecular complexity index is 534. The fraction of sp³-hybridized carbons (Fsp3) is 0.611. The molecule has 2 N–H and O–H groups in total. The average molecular weight is 321 g/mol. The Labute approximate surface area is 137 Å². The van der Waals surface area contributed by atoms with Crippen LogP contribution in [0.3, 0.4) is 0 Å². The first-order chi connectivity index (χ1) is 10.6. The summed E-state index contributed by atoms with van der Waals surface area (Å²) >= 11 is 5.96. The van der Waals surface area contributed by atoms with Gasteiger partial charge in [0.2, 0.25) is 0 Å². The van der Waals surface area contributed by atoms with Gasteiger partial charge in [-0.25, -0.2) is 4.79 Å². The molecule has 2 fully saturated rings. The van der Waals surface area contributed by atoms with Crippen LogP contribution in [0.5, 0.6) is 0 Å². The largest absolute Gasteiger partial charge is 0.338 e. The Morgan fingerprint density at radius 2 is 2.23 bits per heavy atom. The second-order valence-corrected chi connectivity index (χ2v) is 7.34. The third-order valence-corrected chi connectivity index (χ3v) is 5.62. The van der Waals surface area contributed by atoms with Crippen LogP contribution in [0.2, 0.25) is 5.02 Å². The summed E-state index contributed by atoms with van der Waals surface area (Å²) in [5.74, 6) is 2.44. The molecule has 4 atom stereocenters. The van der Waals surface area contributed by atoms with Crippen LogP contribution >= 0.6 is 11.6 Å². The number of urea groups is 1. The van der Waals surface area contributed by atoms with Gasteiger partial charge in [0.05, 0.1) is 0 Å². The molecule has 3 rings (SSSR count). The van der Waals surface area contributed by atoms with Crippen molar-refractivity contribution in [2.24, 2.45) is 17.8 Å².